The molecule has 5 N–H and O–H groups in total. The fourth-order valence-electron chi connectivity index (χ4n) is 2.00. The van der Waals surface area contributed by atoms with Crippen molar-refractivity contribution in [2.45, 2.75) is 51.0 Å². The molecule has 2 amide bonds. The highest BCUT2D eigenvalue weighted by Crippen LogP contribution is 2.16. The van der Waals surface area contributed by atoms with Gasteiger partial charge in [-0.1, -0.05) is 24.4 Å². The number of rotatable bonds is 5. The summed E-state index contributed by atoms with van der Waals surface area (Å²) in [7, 11) is 0. The van der Waals surface area contributed by atoms with E-state index in [9.17, 15) is 4.79 Å². The van der Waals surface area contributed by atoms with Crippen molar-refractivity contribution in [2.75, 3.05) is 6.54 Å². The molecular weight excluding hydrogens is 220 g/mol. The highest BCUT2D eigenvalue weighted by molar-refractivity contribution is 5.79. The molecule has 1 rings (SSSR count). The zero-order chi connectivity index (χ0) is 12.5. The Morgan fingerprint density at radius 1 is 1.35 bits per heavy atom. The molecular formula is C11H22N4O2. The van der Waals surface area contributed by atoms with Gasteiger partial charge in [-0.2, -0.15) is 0 Å². The average Bonchev–Trinajstić information content (AvgIpc) is 2.35. The van der Waals surface area contributed by atoms with E-state index in [1.165, 1.54) is 19.3 Å². The first-order valence-corrected chi connectivity index (χ1v) is 6.23. The molecule has 6 heteroatoms. The van der Waals surface area contributed by atoms with E-state index in [0.29, 0.717) is 25.4 Å². The van der Waals surface area contributed by atoms with Crippen LogP contribution in [0.4, 0.5) is 4.79 Å². The maximum absolute atomic E-state index is 11.5. The molecule has 1 aliphatic carbocycles. The van der Waals surface area contributed by atoms with Crippen LogP contribution in [0.1, 0.15) is 44.9 Å². The Balaban J connectivity index is 2.04. The Bertz CT molecular complexity index is 262. The molecule has 0 atom stereocenters. The summed E-state index contributed by atoms with van der Waals surface area (Å²) in [4.78, 5) is 11.5. The second-order valence-electron chi connectivity index (χ2n) is 4.43. The number of nitrogens with two attached hydrogens (primary N) is 1. The fourth-order valence-corrected chi connectivity index (χ4v) is 2.00. The van der Waals surface area contributed by atoms with Crippen molar-refractivity contribution >= 4 is 11.9 Å². The molecule has 0 spiro atoms. The Kier molecular flexibility index (Phi) is 6.21. The number of amides is 2. The lowest BCUT2D eigenvalue weighted by molar-refractivity contribution is 0.232. The van der Waals surface area contributed by atoms with Crippen LogP contribution in [-0.4, -0.2) is 29.7 Å². The van der Waals surface area contributed by atoms with Gasteiger partial charge in [0.15, 0.2) is 0 Å². The van der Waals surface area contributed by atoms with E-state index >= 15 is 0 Å². The third-order valence-corrected chi connectivity index (χ3v) is 2.96. The summed E-state index contributed by atoms with van der Waals surface area (Å²) in [6.07, 6.45) is 7.01. The monoisotopic (exact) mass is 242 g/mol. The van der Waals surface area contributed by atoms with Crippen molar-refractivity contribution in [3.8, 4) is 0 Å². The van der Waals surface area contributed by atoms with Gasteiger partial charge >= 0.3 is 6.03 Å². The third-order valence-electron chi connectivity index (χ3n) is 2.96. The summed E-state index contributed by atoms with van der Waals surface area (Å²) >= 11 is 0. The van der Waals surface area contributed by atoms with Gasteiger partial charge in [-0.15, -0.1) is 0 Å². The summed E-state index contributed by atoms with van der Waals surface area (Å²) in [5, 5.41) is 16.9. The first kappa shape index (κ1) is 13.6. The Hall–Kier alpha value is -1.46. The first-order valence-electron chi connectivity index (χ1n) is 6.23. The molecule has 0 saturated heterocycles. The number of carbonyl (C=O) groups excluding carboxylic acids is 1. The highest BCUT2D eigenvalue weighted by atomic mass is 16.4. The standard InChI is InChI=1S/C11H22N4O2/c12-10(15-17)7-4-8-13-11(16)14-9-5-2-1-3-6-9/h9,17H,1-8H2,(H2,12,15)(H2,13,14,16). The minimum Gasteiger partial charge on any atom is -0.409 e. The van der Waals surface area contributed by atoms with Crippen LogP contribution in [-0.2, 0) is 0 Å². The number of carbonyl (C=O) groups is 1. The van der Waals surface area contributed by atoms with Crippen molar-refractivity contribution in [1.82, 2.24) is 10.6 Å². The zero-order valence-corrected chi connectivity index (χ0v) is 10.1. The topological polar surface area (TPSA) is 99.7 Å². The normalized spacial score (nSPS) is 17.8. The van der Waals surface area contributed by atoms with E-state index in [4.69, 9.17) is 10.9 Å². The molecule has 0 heterocycles. The van der Waals surface area contributed by atoms with Crippen LogP contribution in [0, 0.1) is 0 Å². The number of hydrogen-bond donors (Lipinski definition) is 4. The molecule has 1 fully saturated rings. The van der Waals surface area contributed by atoms with Gasteiger partial charge in [0.2, 0.25) is 0 Å². The van der Waals surface area contributed by atoms with Gasteiger partial charge < -0.3 is 21.6 Å². The van der Waals surface area contributed by atoms with E-state index in [-0.39, 0.29) is 11.9 Å². The number of nitrogens with one attached hydrogen (secondary N) is 2. The number of amidine groups is 1. The number of nitrogens with zero attached hydrogens (tertiary/aromatic N) is 1. The average molecular weight is 242 g/mol. The van der Waals surface area contributed by atoms with E-state index in [1.54, 1.807) is 0 Å². The molecule has 0 bridgehead atoms. The van der Waals surface area contributed by atoms with Gasteiger partial charge in [-0.25, -0.2) is 4.79 Å². The quantitative estimate of drug-likeness (QED) is 0.191. The summed E-state index contributed by atoms with van der Waals surface area (Å²) in [5.74, 6) is 0.194. The van der Waals surface area contributed by atoms with Gasteiger partial charge in [0.05, 0.1) is 0 Å². The maximum Gasteiger partial charge on any atom is 0.315 e. The van der Waals surface area contributed by atoms with Crippen molar-refractivity contribution in [3.63, 3.8) is 0 Å². The van der Waals surface area contributed by atoms with Crippen LogP contribution in [0.5, 0.6) is 0 Å². The molecule has 0 aromatic heterocycles. The van der Waals surface area contributed by atoms with Crippen LogP contribution in [0.15, 0.2) is 5.16 Å². The summed E-state index contributed by atoms with van der Waals surface area (Å²) in [5.41, 5.74) is 5.31. The van der Waals surface area contributed by atoms with Gasteiger partial charge in [-0.3, -0.25) is 0 Å². The predicted molar refractivity (Wildman–Crippen MR) is 66.1 cm³/mol. The Morgan fingerprint density at radius 2 is 2.06 bits per heavy atom. The second-order valence-corrected chi connectivity index (χ2v) is 4.43. The minimum absolute atomic E-state index is 0.114. The SMILES string of the molecule is NC(CCCNC(=O)NC1CCCCC1)=NO. The van der Waals surface area contributed by atoms with Gasteiger partial charge in [0.1, 0.15) is 5.84 Å². The molecule has 0 radical (unpaired) electrons. The summed E-state index contributed by atoms with van der Waals surface area (Å²) < 4.78 is 0. The summed E-state index contributed by atoms with van der Waals surface area (Å²) in [6.45, 7) is 0.536. The van der Waals surface area contributed by atoms with Crippen LogP contribution >= 0.6 is 0 Å². The van der Waals surface area contributed by atoms with Crippen molar-refractivity contribution < 1.29 is 10.0 Å². The lowest BCUT2D eigenvalue weighted by Gasteiger charge is -2.22. The largest absolute Gasteiger partial charge is 0.409 e. The van der Waals surface area contributed by atoms with E-state index < -0.39 is 0 Å². The first-order chi connectivity index (χ1) is 8.22. The smallest absolute Gasteiger partial charge is 0.315 e. The molecule has 6 nitrogen and oxygen atoms in total. The van der Waals surface area contributed by atoms with Crippen LogP contribution in [0.2, 0.25) is 0 Å². The molecule has 1 saturated carbocycles. The van der Waals surface area contributed by atoms with Crippen molar-refractivity contribution in [3.05, 3.63) is 0 Å². The number of oxime groups is 1. The lowest BCUT2D eigenvalue weighted by Crippen LogP contribution is -2.43. The Morgan fingerprint density at radius 3 is 2.71 bits per heavy atom. The van der Waals surface area contributed by atoms with E-state index in [2.05, 4.69) is 15.8 Å². The maximum atomic E-state index is 11.5. The van der Waals surface area contributed by atoms with Crippen molar-refractivity contribution in [2.24, 2.45) is 10.9 Å². The molecule has 0 aliphatic heterocycles. The highest BCUT2D eigenvalue weighted by Gasteiger charge is 2.14. The molecule has 17 heavy (non-hydrogen) atoms. The van der Waals surface area contributed by atoms with Crippen LogP contribution < -0.4 is 16.4 Å². The molecule has 98 valence electrons. The molecule has 0 aromatic rings. The zero-order valence-electron chi connectivity index (χ0n) is 10.1. The molecule has 0 unspecified atom stereocenters. The summed E-state index contributed by atoms with van der Waals surface area (Å²) in [6, 6.07) is 0.212. The van der Waals surface area contributed by atoms with Crippen LogP contribution in [0.3, 0.4) is 0 Å². The molecule has 0 aromatic carbocycles. The molecule has 1 aliphatic rings. The fraction of sp³-hybridized carbons (Fsp3) is 0.818. The third kappa shape index (κ3) is 5.99. The lowest BCUT2D eigenvalue weighted by atomic mass is 9.96. The van der Waals surface area contributed by atoms with Crippen molar-refractivity contribution in [1.29, 1.82) is 0 Å². The number of hydrogen-bond acceptors (Lipinski definition) is 3. The minimum atomic E-state index is -0.114. The van der Waals surface area contributed by atoms with E-state index in [1.807, 2.05) is 0 Å². The Labute approximate surface area is 102 Å². The van der Waals surface area contributed by atoms with Gasteiger partial charge in [-0.05, 0) is 19.3 Å². The second kappa shape index (κ2) is 7.76. The van der Waals surface area contributed by atoms with Gasteiger partial charge in [0.25, 0.3) is 0 Å². The van der Waals surface area contributed by atoms with Gasteiger partial charge in [0, 0.05) is 19.0 Å². The predicted octanol–water partition coefficient (Wildman–Crippen LogP) is 1.14. The number of urea groups is 1. The van der Waals surface area contributed by atoms with E-state index in [0.717, 1.165) is 12.8 Å². The van der Waals surface area contributed by atoms with Crippen LogP contribution in [0.25, 0.3) is 0 Å².